The van der Waals surface area contributed by atoms with E-state index in [9.17, 15) is 0 Å². The molecule has 0 bridgehead atoms. The SMILES string of the molecule is N#C[C@]12C[C@@H]3c4ccccc4[C@@H]1[C@H]32. The maximum absolute atomic E-state index is 9.08. The Bertz CT molecular complexity index is 456. The minimum atomic E-state index is 0.0963. The van der Waals surface area contributed by atoms with Crippen LogP contribution in [0.3, 0.4) is 0 Å². The molecule has 0 amide bonds. The Kier molecular flexibility index (Phi) is 0.729. The van der Waals surface area contributed by atoms with Crippen molar-refractivity contribution in [2.45, 2.75) is 18.3 Å². The van der Waals surface area contributed by atoms with Crippen LogP contribution in [0.4, 0.5) is 0 Å². The van der Waals surface area contributed by atoms with Crippen LogP contribution in [0.25, 0.3) is 0 Å². The van der Waals surface area contributed by atoms with E-state index in [2.05, 4.69) is 30.3 Å². The fourth-order valence-electron chi connectivity index (χ4n) is 3.75. The Morgan fingerprint density at radius 3 is 2.85 bits per heavy atom. The van der Waals surface area contributed by atoms with E-state index in [1.54, 1.807) is 0 Å². The van der Waals surface area contributed by atoms with Crippen molar-refractivity contribution >= 4 is 0 Å². The molecule has 0 heterocycles. The number of benzene rings is 1. The topological polar surface area (TPSA) is 23.8 Å². The van der Waals surface area contributed by atoms with Gasteiger partial charge in [-0.05, 0) is 29.4 Å². The third-order valence-corrected chi connectivity index (χ3v) is 4.33. The molecule has 3 aliphatic carbocycles. The molecule has 4 rings (SSSR count). The highest BCUT2D eigenvalue weighted by Crippen LogP contribution is 2.86. The van der Waals surface area contributed by atoms with E-state index >= 15 is 0 Å². The van der Waals surface area contributed by atoms with Crippen molar-refractivity contribution in [2.75, 3.05) is 0 Å². The van der Waals surface area contributed by atoms with Gasteiger partial charge in [-0.1, -0.05) is 24.3 Å². The molecule has 1 heteroatoms. The van der Waals surface area contributed by atoms with Crippen LogP contribution in [0.1, 0.15) is 29.4 Å². The molecule has 0 unspecified atom stereocenters. The second-order valence-corrected chi connectivity index (χ2v) is 4.60. The molecule has 1 aromatic carbocycles. The minimum absolute atomic E-state index is 0.0963. The van der Waals surface area contributed by atoms with Crippen molar-refractivity contribution in [2.24, 2.45) is 11.3 Å². The van der Waals surface area contributed by atoms with Crippen LogP contribution in [0.15, 0.2) is 24.3 Å². The molecule has 0 spiro atoms. The van der Waals surface area contributed by atoms with Gasteiger partial charge in [-0.25, -0.2) is 0 Å². The summed E-state index contributed by atoms with van der Waals surface area (Å²) in [6.45, 7) is 0. The molecule has 0 saturated heterocycles. The molecule has 2 saturated carbocycles. The fourth-order valence-corrected chi connectivity index (χ4v) is 3.75. The largest absolute Gasteiger partial charge is 0.198 e. The molecule has 3 aliphatic rings. The van der Waals surface area contributed by atoms with Crippen LogP contribution in [0, 0.1) is 22.7 Å². The minimum Gasteiger partial charge on any atom is -0.198 e. The molecule has 0 N–H and O–H groups in total. The zero-order valence-electron chi connectivity index (χ0n) is 7.20. The fraction of sp³-hybridized carbons (Fsp3) is 0.417. The summed E-state index contributed by atoms with van der Waals surface area (Å²) in [5.41, 5.74) is 3.11. The summed E-state index contributed by atoms with van der Waals surface area (Å²) in [7, 11) is 0. The maximum atomic E-state index is 9.08. The van der Waals surface area contributed by atoms with E-state index in [4.69, 9.17) is 5.26 Å². The predicted molar refractivity (Wildman–Crippen MR) is 48.1 cm³/mol. The zero-order valence-corrected chi connectivity index (χ0v) is 7.20. The van der Waals surface area contributed by atoms with Gasteiger partial charge in [-0.15, -0.1) is 0 Å². The molecule has 62 valence electrons. The lowest BCUT2D eigenvalue weighted by molar-refractivity contribution is 0.310. The van der Waals surface area contributed by atoms with Gasteiger partial charge in [-0.3, -0.25) is 0 Å². The van der Waals surface area contributed by atoms with Gasteiger partial charge in [-0.2, -0.15) is 5.26 Å². The number of nitriles is 1. The van der Waals surface area contributed by atoms with Gasteiger partial charge in [0, 0.05) is 5.92 Å². The van der Waals surface area contributed by atoms with E-state index in [1.165, 1.54) is 11.1 Å². The Hall–Kier alpha value is -1.29. The molecular formula is C12H9N. The molecule has 1 aromatic rings. The second-order valence-electron chi connectivity index (χ2n) is 4.60. The van der Waals surface area contributed by atoms with Crippen molar-refractivity contribution in [1.82, 2.24) is 0 Å². The van der Waals surface area contributed by atoms with Gasteiger partial charge in [0.15, 0.2) is 0 Å². The van der Waals surface area contributed by atoms with Crippen molar-refractivity contribution < 1.29 is 0 Å². The van der Waals surface area contributed by atoms with Crippen LogP contribution in [-0.4, -0.2) is 0 Å². The van der Waals surface area contributed by atoms with E-state index in [-0.39, 0.29) is 5.41 Å². The molecule has 0 aliphatic heterocycles. The number of nitrogens with zero attached hydrogens (tertiary/aromatic N) is 1. The van der Waals surface area contributed by atoms with E-state index in [0.717, 1.165) is 12.3 Å². The average Bonchev–Trinajstić information content (AvgIpc) is 2.55. The first kappa shape index (κ1) is 6.21. The van der Waals surface area contributed by atoms with Gasteiger partial charge in [0.2, 0.25) is 0 Å². The van der Waals surface area contributed by atoms with Crippen molar-refractivity contribution in [1.29, 1.82) is 5.26 Å². The van der Waals surface area contributed by atoms with Crippen molar-refractivity contribution in [3.63, 3.8) is 0 Å². The monoisotopic (exact) mass is 167 g/mol. The third kappa shape index (κ3) is 0.425. The molecule has 0 aromatic heterocycles. The highest BCUT2D eigenvalue weighted by molar-refractivity contribution is 5.58. The van der Waals surface area contributed by atoms with Crippen LogP contribution in [-0.2, 0) is 0 Å². The van der Waals surface area contributed by atoms with E-state index in [1.807, 2.05) is 0 Å². The van der Waals surface area contributed by atoms with Crippen molar-refractivity contribution in [3.8, 4) is 6.07 Å². The number of fused-ring (bicyclic) bond motifs is 4. The first-order valence-electron chi connectivity index (χ1n) is 4.88. The quantitative estimate of drug-likeness (QED) is 0.582. The van der Waals surface area contributed by atoms with Gasteiger partial charge in [0.25, 0.3) is 0 Å². The number of rotatable bonds is 0. The first-order chi connectivity index (χ1) is 6.38. The van der Waals surface area contributed by atoms with Gasteiger partial charge in [0.05, 0.1) is 11.5 Å². The average molecular weight is 167 g/mol. The summed E-state index contributed by atoms with van der Waals surface area (Å²) in [6.07, 6.45) is 1.13. The van der Waals surface area contributed by atoms with Gasteiger partial charge in [0.1, 0.15) is 0 Å². The number of hydrogen-bond donors (Lipinski definition) is 0. The van der Waals surface area contributed by atoms with Crippen LogP contribution < -0.4 is 0 Å². The van der Waals surface area contributed by atoms with Gasteiger partial charge < -0.3 is 0 Å². The molecule has 2 fully saturated rings. The highest BCUT2D eigenvalue weighted by atomic mass is 14.8. The molecule has 4 atom stereocenters. The molecule has 0 radical (unpaired) electrons. The summed E-state index contributed by atoms with van der Waals surface area (Å²) in [6, 6.07) is 11.2. The highest BCUT2D eigenvalue weighted by Gasteiger charge is 2.80. The smallest absolute Gasteiger partial charge is 0.0699 e. The molecule has 1 nitrogen and oxygen atoms in total. The van der Waals surface area contributed by atoms with Crippen molar-refractivity contribution in [3.05, 3.63) is 35.4 Å². The predicted octanol–water partition coefficient (Wildman–Crippen LogP) is 2.41. The Labute approximate surface area is 77.0 Å². The van der Waals surface area contributed by atoms with Gasteiger partial charge >= 0.3 is 0 Å². The normalized spacial score (nSPS) is 47.2. The summed E-state index contributed by atoms with van der Waals surface area (Å²) >= 11 is 0. The third-order valence-electron chi connectivity index (χ3n) is 4.33. The van der Waals surface area contributed by atoms with E-state index < -0.39 is 0 Å². The summed E-state index contributed by atoms with van der Waals surface area (Å²) in [4.78, 5) is 0. The number of hydrogen-bond acceptors (Lipinski definition) is 1. The second kappa shape index (κ2) is 1.53. The summed E-state index contributed by atoms with van der Waals surface area (Å²) < 4.78 is 0. The lowest BCUT2D eigenvalue weighted by Crippen LogP contribution is -2.24. The first-order valence-corrected chi connectivity index (χ1v) is 4.88. The van der Waals surface area contributed by atoms with E-state index in [0.29, 0.717) is 11.8 Å². The summed E-state index contributed by atoms with van der Waals surface area (Å²) in [5.74, 6) is 2.05. The summed E-state index contributed by atoms with van der Waals surface area (Å²) in [5, 5.41) is 9.08. The Morgan fingerprint density at radius 1 is 1.31 bits per heavy atom. The Morgan fingerprint density at radius 2 is 2.08 bits per heavy atom. The Balaban J connectivity index is 1.97. The molecular weight excluding hydrogens is 158 g/mol. The standard InChI is InChI=1S/C12H9N/c13-6-12-5-9-7-3-1-2-4-8(7)10(12)11(9)12/h1-4,9-11H,5H2/t9-,10-,11+,12-/m1/s1. The van der Waals surface area contributed by atoms with Crippen LogP contribution >= 0.6 is 0 Å². The lowest BCUT2D eigenvalue weighted by Gasteiger charge is -2.32. The lowest BCUT2D eigenvalue weighted by atomic mass is 9.69. The molecule has 13 heavy (non-hydrogen) atoms. The maximum Gasteiger partial charge on any atom is 0.0699 e. The van der Waals surface area contributed by atoms with Crippen LogP contribution in [0.2, 0.25) is 0 Å². The van der Waals surface area contributed by atoms with Crippen LogP contribution in [0.5, 0.6) is 0 Å². The zero-order chi connectivity index (χ0) is 8.63.